The Bertz CT molecular complexity index is 711. The molecule has 126 valence electrons. The monoisotopic (exact) mass is 345 g/mol. The average Bonchev–Trinajstić information content (AvgIpc) is 2.59. The van der Waals surface area contributed by atoms with Crippen molar-refractivity contribution < 1.29 is 10.2 Å². The molecule has 0 bridgehead atoms. The van der Waals surface area contributed by atoms with Gasteiger partial charge in [-0.3, -0.25) is 9.91 Å². The molecule has 0 spiro atoms. The fourth-order valence-electron chi connectivity index (χ4n) is 2.63. The van der Waals surface area contributed by atoms with Gasteiger partial charge in [0.15, 0.2) is 11.5 Å². The number of aromatic hydroxyl groups is 2. The first kappa shape index (κ1) is 16.6. The molecule has 2 N–H and O–H groups in total. The maximum absolute atomic E-state index is 9.49. The molecular formula is C18H20ClN3O2. The highest BCUT2D eigenvalue weighted by atomic mass is 35.5. The van der Waals surface area contributed by atoms with Crippen LogP contribution in [-0.2, 0) is 6.54 Å². The van der Waals surface area contributed by atoms with Gasteiger partial charge in [-0.1, -0.05) is 23.7 Å². The van der Waals surface area contributed by atoms with Crippen LogP contribution in [0.15, 0.2) is 47.6 Å². The van der Waals surface area contributed by atoms with E-state index in [9.17, 15) is 10.2 Å². The number of halogens is 1. The highest BCUT2D eigenvalue weighted by Gasteiger charge is 2.15. The third kappa shape index (κ3) is 4.40. The summed E-state index contributed by atoms with van der Waals surface area (Å²) in [6.45, 7) is 4.52. The van der Waals surface area contributed by atoms with E-state index in [0.29, 0.717) is 0 Å². The topological polar surface area (TPSA) is 59.3 Å². The zero-order valence-corrected chi connectivity index (χ0v) is 14.0. The lowest BCUT2D eigenvalue weighted by Gasteiger charge is -2.33. The van der Waals surface area contributed by atoms with Crippen LogP contribution in [0.5, 0.6) is 11.5 Å². The zero-order chi connectivity index (χ0) is 16.9. The number of benzene rings is 2. The second-order valence-electron chi connectivity index (χ2n) is 5.85. The summed E-state index contributed by atoms with van der Waals surface area (Å²) in [6.07, 6.45) is 1.70. The highest BCUT2D eigenvalue weighted by Crippen LogP contribution is 2.24. The van der Waals surface area contributed by atoms with Crippen LogP contribution in [0.4, 0.5) is 0 Å². The Kier molecular flexibility index (Phi) is 5.23. The first-order valence-electron chi connectivity index (χ1n) is 7.88. The van der Waals surface area contributed by atoms with Crippen molar-refractivity contribution in [3.8, 4) is 11.5 Å². The van der Waals surface area contributed by atoms with Gasteiger partial charge in [-0.2, -0.15) is 5.10 Å². The number of hydrazone groups is 1. The van der Waals surface area contributed by atoms with Gasteiger partial charge in [-0.15, -0.1) is 0 Å². The number of piperazine rings is 1. The van der Waals surface area contributed by atoms with Crippen LogP contribution in [0.1, 0.15) is 11.1 Å². The van der Waals surface area contributed by atoms with Crippen molar-refractivity contribution in [2.24, 2.45) is 5.10 Å². The summed E-state index contributed by atoms with van der Waals surface area (Å²) in [5, 5.41) is 26.0. The van der Waals surface area contributed by atoms with E-state index in [1.165, 1.54) is 17.7 Å². The van der Waals surface area contributed by atoms with Gasteiger partial charge in [0.2, 0.25) is 0 Å². The van der Waals surface area contributed by atoms with Crippen LogP contribution >= 0.6 is 11.6 Å². The second-order valence-corrected chi connectivity index (χ2v) is 6.29. The Morgan fingerprint density at radius 2 is 1.67 bits per heavy atom. The fourth-order valence-corrected chi connectivity index (χ4v) is 2.75. The molecule has 1 saturated heterocycles. The number of phenolic OH excluding ortho intramolecular Hbond substituents is 2. The molecule has 2 aromatic carbocycles. The van der Waals surface area contributed by atoms with Crippen molar-refractivity contribution in [1.82, 2.24) is 9.91 Å². The molecule has 1 aliphatic heterocycles. The van der Waals surface area contributed by atoms with Gasteiger partial charge in [0.25, 0.3) is 0 Å². The summed E-state index contributed by atoms with van der Waals surface area (Å²) in [5.41, 5.74) is 2.02. The summed E-state index contributed by atoms with van der Waals surface area (Å²) in [6, 6.07) is 12.6. The Labute approximate surface area is 146 Å². The van der Waals surface area contributed by atoms with Crippen LogP contribution in [-0.4, -0.2) is 52.5 Å². The molecule has 3 rings (SSSR count). The summed E-state index contributed by atoms with van der Waals surface area (Å²) in [4.78, 5) is 2.39. The summed E-state index contributed by atoms with van der Waals surface area (Å²) in [7, 11) is 0. The van der Waals surface area contributed by atoms with Crippen molar-refractivity contribution in [3.05, 3.63) is 58.6 Å². The third-order valence-electron chi connectivity index (χ3n) is 4.04. The maximum Gasteiger partial charge on any atom is 0.158 e. The van der Waals surface area contributed by atoms with E-state index in [-0.39, 0.29) is 11.5 Å². The van der Waals surface area contributed by atoms with E-state index in [1.807, 2.05) is 17.1 Å². The normalized spacial score (nSPS) is 16.0. The number of phenols is 2. The summed E-state index contributed by atoms with van der Waals surface area (Å²) in [5.74, 6) is -0.255. The van der Waals surface area contributed by atoms with Gasteiger partial charge in [-0.05, 0) is 41.5 Å². The quantitative estimate of drug-likeness (QED) is 0.661. The molecule has 0 aromatic heterocycles. The first-order chi connectivity index (χ1) is 11.6. The molecule has 0 aliphatic carbocycles. The molecule has 0 saturated carbocycles. The largest absolute Gasteiger partial charge is 0.504 e. The molecule has 1 aliphatic rings. The lowest BCUT2D eigenvalue weighted by atomic mass is 10.2. The lowest BCUT2D eigenvalue weighted by Crippen LogP contribution is -2.43. The predicted molar refractivity (Wildman–Crippen MR) is 95.7 cm³/mol. The Morgan fingerprint density at radius 1 is 0.958 bits per heavy atom. The van der Waals surface area contributed by atoms with Gasteiger partial charge in [0.05, 0.1) is 6.21 Å². The van der Waals surface area contributed by atoms with E-state index in [2.05, 4.69) is 22.1 Å². The van der Waals surface area contributed by atoms with E-state index in [1.54, 1.807) is 12.3 Å². The molecule has 5 nitrogen and oxygen atoms in total. The minimum absolute atomic E-state index is 0.122. The molecule has 0 unspecified atom stereocenters. The van der Waals surface area contributed by atoms with Crippen molar-refractivity contribution in [2.75, 3.05) is 26.2 Å². The standard InChI is InChI=1S/C18H20ClN3O2/c19-16-4-1-14(2-5-16)13-21-7-9-22(10-8-21)20-12-15-3-6-17(23)18(24)11-15/h1-6,11-12,23-24H,7-10,13H2/b20-12+. The van der Waals surface area contributed by atoms with E-state index < -0.39 is 0 Å². The predicted octanol–water partition coefficient (Wildman–Crippen LogP) is 2.90. The molecule has 0 amide bonds. The Balaban J connectivity index is 1.50. The smallest absolute Gasteiger partial charge is 0.158 e. The van der Waals surface area contributed by atoms with E-state index in [0.717, 1.165) is 43.3 Å². The van der Waals surface area contributed by atoms with E-state index in [4.69, 9.17) is 11.6 Å². The minimum Gasteiger partial charge on any atom is -0.504 e. The zero-order valence-electron chi connectivity index (χ0n) is 13.3. The van der Waals surface area contributed by atoms with Crippen molar-refractivity contribution in [3.63, 3.8) is 0 Å². The molecular weight excluding hydrogens is 326 g/mol. The molecule has 0 atom stereocenters. The molecule has 24 heavy (non-hydrogen) atoms. The first-order valence-corrected chi connectivity index (χ1v) is 8.26. The molecule has 6 heteroatoms. The van der Waals surface area contributed by atoms with Crippen molar-refractivity contribution in [1.29, 1.82) is 0 Å². The number of nitrogens with zero attached hydrogens (tertiary/aromatic N) is 3. The number of rotatable bonds is 4. The minimum atomic E-state index is -0.133. The third-order valence-corrected chi connectivity index (χ3v) is 4.29. The SMILES string of the molecule is Oc1ccc(/C=N/N2CCN(Cc3ccc(Cl)cc3)CC2)cc1O. The van der Waals surface area contributed by atoms with Gasteiger partial charge >= 0.3 is 0 Å². The van der Waals surface area contributed by atoms with Crippen LogP contribution < -0.4 is 0 Å². The number of hydrogen-bond donors (Lipinski definition) is 2. The molecule has 0 radical (unpaired) electrons. The Morgan fingerprint density at radius 3 is 2.33 bits per heavy atom. The number of hydrogen-bond acceptors (Lipinski definition) is 5. The van der Waals surface area contributed by atoms with Crippen LogP contribution in [0.3, 0.4) is 0 Å². The lowest BCUT2D eigenvalue weighted by molar-refractivity contribution is 0.131. The van der Waals surface area contributed by atoms with Crippen LogP contribution in [0, 0.1) is 0 Å². The van der Waals surface area contributed by atoms with Gasteiger partial charge in [0.1, 0.15) is 0 Å². The summed E-state index contributed by atoms with van der Waals surface area (Å²) >= 11 is 5.91. The van der Waals surface area contributed by atoms with Gasteiger partial charge in [-0.25, -0.2) is 0 Å². The maximum atomic E-state index is 9.49. The van der Waals surface area contributed by atoms with Gasteiger partial charge in [0, 0.05) is 37.7 Å². The molecule has 2 aromatic rings. The van der Waals surface area contributed by atoms with Crippen molar-refractivity contribution in [2.45, 2.75) is 6.54 Å². The van der Waals surface area contributed by atoms with Crippen LogP contribution in [0.25, 0.3) is 0 Å². The highest BCUT2D eigenvalue weighted by molar-refractivity contribution is 6.30. The molecule has 1 heterocycles. The second kappa shape index (κ2) is 7.55. The van der Waals surface area contributed by atoms with E-state index >= 15 is 0 Å². The van der Waals surface area contributed by atoms with Crippen LogP contribution in [0.2, 0.25) is 5.02 Å². The molecule has 1 fully saturated rings. The van der Waals surface area contributed by atoms with Gasteiger partial charge < -0.3 is 10.2 Å². The fraction of sp³-hybridized carbons (Fsp3) is 0.278. The van der Waals surface area contributed by atoms with Crippen molar-refractivity contribution >= 4 is 17.8 Å². The summed E-state index contributed by atoms with van der Waals surface area (Å²) < 4.78 is 0. The average molecular weight is 346 g/mol. The Hall–Kier alpha value is -2.24.